The first-order valence-corrected chi connectivity index (χ1v) is 7.43. The van der Waals surface area contributed by atoms with Crippen molar-refractivity contribution >= 4 is 0 Å². The van der Waals surface area contributed by atoms with Gasteiger partial charge in [0.25, 0.3) is 0 Å². The van der Waals surface area contributed by atoms with Gasteiger partial charge in [-0.15, -0.1) is 0 Å². The fourth-order valence-corrected chi connectivity index (χ4v) is 2.02. The Morgan fingerprint density at radius 1 is 1.00 bits per heavy atom. The first-order valence-electron chi connectivity index (χ1n) is 7.43. The maximum Gasteiger partial charge on any atom is 0.330 e. The van der Waals surface area contributed by atoms with Gasteiger partial charge in [-0.05, 0) is 6.42 Å². The second-order valence-corrected chi connectivity index (χ2v) is 4.86. The van der Waals surface area contributed by atoms with E-state index in [2.05, 4.69) is 19.9 Å². The minimum Gasteiger partial charge on any atom is -0.327 e. The minimum atomic E-state index is -0.802. The first-order chi connectivity index (χ1) is 13.0. The molecule has 0 aliphatic carbocycles. The number of nitrogens with one attached hydrogen (secondary N) is 3. The van der Waals surface area contributed by atoms with E-state index in [0.717, 1.165) is 6.42 Å². The maximum absolute atomic E-state index is 10.2. The molecule has 0 saturated heterocycles. The van der Waals surface area contributed by atoms with Crippen LogP contribution in [0.3, 0.4) is 0 Å². The van der Waals surface area contributed by atoms with E-state index in [0.29, 0.717) is 5.82 Å². The lowest BCUT2D eigenvalue weighted by Crippen LogP contribution is -2.34. The van der Waals surface area contributed by atoms with Crippen LogP contribution in [0.15, 0.2) is 33.1 Å². The molecule has 0 aromatic carbocycles. The predicted octanol–water partition coefficient (Wildman–Crippen LogP) is -1.44. The quantitative estimate of drug-likeness (QED) is 0.494. The molecule has 0 spiro atoms. The Bertz CT molecular complexity index is 1050. The molecular formula is C14H12N10O3. The average molecular weight is 368 g/mol. The molecule has 1 atom stereocenters. The second kappa shape index (κ2) is 8.63. The molecular weight excluding hydrogens is 356 g/mol. The largest absolute Gasteiger partial charge is 0.330 e. The zero-order chi connectivity index (χ0) is 19.8. The summed E-state index contributed by atoms with van der Waals surface area (Å²) >= 11 is 0. The van der Waals surface area contributed by atoms with Crippen LogP contribution in [0.25, 0.3) is 0 Å². The zero-order valence-electron chi connectivity index (χ0n) is 13.9. The fourth-order valence-electron chi connectivity index (χ4n) is 2.02. The van der Waals surface area contributed by atoms with E-state index < -0.39 is 17.1 Å². The Kier molecular flexibility index (Phi) is 6.06. The van der Waals surface area contributed by atoms with Crippen LogP contribution in [0.5, 0.6) is 0 Å². The van der Waals surface area contributed by atoms with Crippen molar-refractivity contribution in [1.29, 1.82) is 10.5 Å². The number of rotatable bonds is 3. The number of H-pyrrole nitrogens is 3. The van der Waals surface area contributed by atoms with Crippen molar-refractivity contribution in [1.82, 2.24) is 39.5 Å². The van der Waals surface area contributed by atoms with Crippen molar-refractivity contribution in [3.05, 3.63) is 67.6 Å². The van der Waals surface area contributed by atoms with Gasteiger partial charge in [0.2, 0.25) is 11.6 Å². The molecule has 136 valence electrons. The van der Waals surface area contributed by atoms with Gasteiger partial charge in [-0.25, -0.2) is 29.3 Å². The second-order valence-electron chi connectivity index (χ2n) is 4.86. The van der Waals surface area contributed by atoms with E-state index in [-0.39, 0.29) is 17.7 Å². The van der Waals surface area contributed by atoms with Crippen LogP contribution in [-0.2, 0) is 0 Å². The molecule has 3 aromatic rings. The Morgan fingerprint density at radius 2 is 1.52 bits per heavy atom. The lowest BCUT2D eigenvalue weighted by atomic mass is 10.2. The molecule has 27 heavy (non-hydrogen) atoms. The van der Waals surface area contributed by atoms with E-state index in [1.165, 1.54) is 0 Å². The van der Waals surface area contributed by atoms with Crippen LogP contribution >= 0.6 is 0 Å². The number of nitriles is 2. The minimum absolute atomic E-state index is 0.0462. The molecule has 0 saturated carbocycles. The smallest absolute Gasteiger partial charge is 0.327 e. The SMILES string of the molecule is CCC(c1nc(C#N)nc(C#N)n1)n1ccnc1.O=c1[nH]c(=O)[nH]c(=O)[nH]1. The predicted molar refractivity (Wildman–Crippen MR) is 88.2 cm³/mol. The normalized spacial score (nSPS) is 10.8. The molecule has 0 radical (unpaired) electrons. The van der Waals surface area contributed by atoms with Gasteiger partial charge < -0.3 is 4.57 Å². The van der Waals surface area contributed by atoms with Crippen molar-refractivity contribution in [3.63, 3.8) is 0 Å². The van der Waals surface area contributed by atoms with Gasteiger partial charge in [-0.2, -0.15) is 15.5 Å². The van der Waals surface area contributed by atoms with E-state index in [1.54, 1.807) is 33.7 Å². The van der Waals surface area contributed by atoms with E-state index in [4.69, 9.17) is 10.5 Å². The first kappa shape index (κ1) is 18.9. The molecule has 1 unspecified atom stereocenters. The van der Waals surface area contributed by atoms with Crippen LogP contribution in [0.2, 0.25) is 0 Å². The highest BCUT2D eigenvalue weighted by Crippen LogP contribution is 2.17. The van der Waals surface area contributed by atoms with Gasteiger partial charge in [0, 0.05) is 12.4 Å². The molecule has 0 fully saturated rings. The molecule has 3 aromatic heterocycles. The Morgan fingerprint density at radius 3 is 1.89 bits per heavy atom. The van der Waals surface area contributed by atoms with E-state index in [9.17, 15) is 14.4 Å². The summed E-state index contributed by atoms with van der Waals surface area (Å²) in [5.74, 6) is 0.309. The van der Waals surface area contributed by atoms with Gasteiger partial charge in [-0.1, -0.05) is 6.92 Å². The van der Waals surface area contributed by atoms with Crippen LogP contribution in [0.4, 0.5) is 0 Å². The summed E-state index contributed by atoms with van der Waals surface area (Å²) in [5.41, 5.74) is -2.41. The summed E-state index contributed by atoms with van der Waals surface area (Å²) in [6.07, 6.45) is 5.81. The van der Waals surface area contributed by atoms with Gasteiger partial charge in [0.1, 0.15) is 12.1 Å². The highest BCUT2D eigenvalue weighted by molar-refractivity contribution is 5.19. The summed E-state index contributed by atoms with van der Waals surface area (Å²) in [7, 11) is 0. The summed E-state index contributed by atoms with van der Waals surface area (Å²) in [5, 5.41) is 17.7. The molecule has 0 amide bonds. The van der Waals surface area contributed by atoms with E-state index in [1.807, 2.05) is 23.6 Å². The maximum atomic E-state index is 10.2. The van der Waals surface area contributed by atoms with Crippen LogP contribution < -0.4 is 17.1 Å². The molecule has 0 bridgehead atoms. The Hall–Kier alpha value is -4.39. The van der Waals surface area contributed by atoms with Crippen LogP contribution in [0, 0.1) is 22.7 Å². The van der Waals surface area contributed by atoms with Gasteiger partial charge in [0.15, 0.2) is 5.82 Å². The number of aromatic amines is 3. The average Bonchev–Trinajstić information content (AvgIpc) is 3.15. The highest BCUT2D eigenvalue weighted by atomic mass is 16.2. The third-order valence-corrected chi connectivity index (χ3v) is 3.10. The van der Waals surface area contributed by atoms with Crippen LogP contribution in [0.1, 0.15) is 36.9 Å². The van der Waals surface area contributed by atoms with E-state index >= 15 is 0 Å². The lowest BCUT2D eigenvalue weighted by molar-refractivity contribution is 0.530. The topological polar surface area (TPSA) is 203 Å². The van der Waals surface area contributed by atoms with Crippen molar-refractivity contribution in [2.45, 2.75) is 19.4 Å². The molecule has 3 rings (SSSR count). The molecule has 3 N–H and O–H groups in total. The summed E-state index contributed by atoms with van der Waals surface area (Å²) in [6.45, 7) is 1.96. The molecule has 0 aliphatic rings. The molecule has 3 heterocycles. The third-order valence-electron chi connectivity index (χ3n) is 3.10. The number of imidazole rings is 1. The summed E-state index contributed by atoms with van der Waals surface area (Å²) < 4.78 is 1.83. The van der Waals surface area contributed by atoms with Gasteiger partial charge in [-0.3, -0.25) is 15.0 Å². The molecule has 13 heteroatoms. The molecule has 0 aliphatic heterocycles. The number of hydrogen-bond acceptors (Lipinski definition) is 9. The van der Waals surface area contributed by atoms with Crippen LogP contribution in [-0.4, -0.2) is 39.5 Å². The van der Waals surface area contributed by atoms with Crippen molar-refractivity contribution < 1.29 is 0 Å². The van der Waals surface area contributed by atoms with Crippen molar-refractivity contribution in [2.24, 2.45) is 0 Å². The number of nitrogens with zero attached hydrogens (tertiary/aromatic N) is 7. The Labute approximate surface area is 150 Å². The summed E-state index contributed by atoms with van der Waals surface area (Å²) in [4.78, 5) is 51.7. The number of aromatic nitrogens is 8. The summed E-state index contributed by atoms with van der Waals surface area (Å²) in [6, 6.07) is 3.50. The standard InChI is InChI=1S/C11H9N7.C3H3N3O3/c1-2-8(18-4-3-14-7-18)11-16-9(5-12)15-10(6-13)17-11;7-1-4-2(8)6-3(9)5-1/h3-4,7-8H,2H2,1H3;(H3,4,5,6,7,8,9). The Balaban J connectivity index is 0.000000244. The fraction of sp³-hybridized carbons (Fsp3) is 0.214. The van der Waals surface area contributed by atoms with Crippen molar-refractivity contribution in [3.8, 4) is 12.1 Å². The van der Waals surface area contributed by atoms with Gasteiger partial charge in [0.05, 0.1) is 12.4 Å². The number of hydrogen-bond donors (Lipinski definition) is 3. The molecule has 13 nitrogen and oxygen atoms in total. The monoisotopic (exact) mass is 368 g/mol. The highest BCUT2D eigenvalue weighted by Gasteiger charge is 2.17. The zero-order valence-corrected chi connectivity index (χ0v) is 13.9. The van der Waals surface area contributed by atoms with Gasteiger partial charge >= 0.3 is 17.1 Å². The lowest BCUT2D eigenvalue weighted by Gasteiger charge is -2.14. The van der Waals surface area contributed by atoms with Crippen molar-refractivity contribution in [2.75, 3.05) is 0 Å². The third kappa shape index (κ3) is 5.04.